The van der Waals surface area contributed by atoms with E-state index in [1.165, 1.54) is 20.9 Å². The Morgan fingerprint density at radius 1 is 1.29 bits per heavy atom. The molecule has 124 valence electrons. The van der Waals surface area contributed by atoms with Crippen molar-refractivity contribution in [1.82, 2.24) is 0 Å². The van der Waals surface area contributed by atoms with Gasteiger partial charge >= 0.3 is 5.63 Å². The van der Waals surface area contributed by atoms with Gasteiger partial charge in [0.1, 0.15) is 18.2 Å². The van der Waals surface area contributed by atoms with Crippen molar-refractivity contribution in [2.45, 2.75) is 39.3 Å². The second-order valence-electron chi connectivity index (χ2n) is 6.63. The molecule has 0 saturated carbocycles. The van der Waals surface area contributed by atoms with E-state index in [-0.39, 0.29) is 5.63 Å². The summed E-state index contributed by atoms with van der Waals surface area (Å²) in [5.41, 5.74) is 4.25. The van der Waals surface area contributed by atoms with Crippen LogP contribution in [0, 0.1) is 0 Å². The molecule has 0 radical (unpaired) electrons. The van der Waals surface area contributed by atoms with Crippen molar-refractivity contribution < 1.29 is 9.32 Å². The summed E-state index contributed by atoms with van der Waals surface area (Å²) in [6, 6.07) is 10.7. The number of quaternary nitrogens is 1. The van der Waals surface area contributed by atoms with Crippen LogP contribution in [0.15, 0.2) is 44.9 Å². The maximum atomic E-state index is 12.0. The first-order valence-corrected chi connectivity index (χ1v) is 9.50. The Balaban J connectivity index is 1.71. The van der Waals surface area contributed by atoms with Crippen LogP contribution in [0.4, 0.5) is 0 Å². The summed E-state index contributed by atoms with van der Waals surface area (Å²) >= 11 is 1.87. The maximum Gasteiger partial charge on any atom is 0.336 e. The van der Waals surface area contributed by atoms with Crippen molar-refractivity contribution in [3.63, 3.8) is 0 Å². The van der Waals surface area contributed by atoms with E-state index >= 15 is 0 Å². The molecule has 0 spiro atoms. The fraction of sp³-hybridized carbons (Fsp3) is 0.350. The molecular weight excluding hydrogens is 318 g/mol. The van der Waals surface area contributed by atoms with Gasteiger partial charge in [0.25, 0.3) is 0 Å². The van der Waals surface area contributed by atoms with Gasteiger partial charge in [-0.25, -0.2) is 4.79 Å². The SMILES string of the molecule is CCc1ccc2c(C[NH+]3CCc4sccc4[C@@H]3C)cc(=O)oc2c1. The second kappa shape index (κ2) is 6.19. The summed E-state index contributed by atoms with van der Waals surface area (Å²) in [5.74, 6) is 0. The van der Waals surface area contributed by atoms with Crippen molar-refractivity contribution in [1.29, 1.82) is 0 Å². The molecule has 0 amide bonds. The highest BCUT2D eigenvalue weighted by Gasteiger charge is 2.28. The Hall–Kier alpha value is -1.91. The van der Waals surface area contributed by atoms with Crippen molar-refractivity contribution in [3.05, 3.63) is 67.7 Å². The van der Waals surface area contributed by atoms with Crippen LogP contribution in [0.25, 0.3) is 11.0 Å². The van der Waals surface area contributed by atoms with E-state index < -0.39 is 0 Å². The van der Waals surface area contributed by atoms with Gasteiger partial charge in [0.15, 0.2) is 0 Å². The lowest BCUT2D eigenvalue weighted by molar-refractivity contribution is -0.945. The summed E-state index contributed by atoms with van der Waals surface area (Å²) in [5, 5.41) is 3.27. The van der Waals surface area contributed by atoms with Crippen molar-refractivity contribution in [2.75, 3.05) is 6.54 Å². The zero-order chi connectivity index (χ0) is 16.7. The van der Waals surface area contributed by atoms with Gasteiger partial charge < -0.3 is 9.32 Å². The van der Waals surface area contributed by atoms with Gasteiger partial charge in [-0.2, -0.15) is 0 Å². The molecule has 0 bridgehead atoms. The van der Waals surface area contributed by atoms with E-state index in [2.05, 4.69) is 37.4 Å². The first-order valence-electron chi connectivity index (χ1n) is 8.62. The minimum absolute atomic E-state index is 0.244. The van der Waals surface area contributed by atoms with Crippen LogP contribution in [-0.2, 0) is 19.4 Å². The van der Waals surface area contributed by atoms with Crippen molar-refractivity contribution in [2.24, 2.45) is 0 Å². The van der Waals surface area contributed by atoms with E-state index in [1.54, 1.807) is 6.07 Å². The predicted octanol–water partition coefficient (Wildman–Crippen LogP) is 3.12. The van der Waals surface area contributed by atoms with Gasteiger partial charge in [-0.3, -0.25) is 0 Å². The van der Waals surface area contributed by atoms with Gasteiger partial charge in [0, 0.05) is 33.9 Å². The molecular formula is C20H22NO2S+. The number of thiophene rings is 1. The minimum atomic E-state index is -0.244. The van der Waals surface area contributed by atoms with Crippen LogP contribution in [-0.4, -0.2) is 6.54 Å². The molecule has 3 nitrogen and oxygen atoms in total. The number of rotatable bonds is 3. The molecule has 0 fully saturated rings. The lowest BCUT2D eigenvalue weighted by Gasteiger charge is -2.30. The molecule has 4 rings (SSSR count). The first-order chi connectivity index (χ1) is 11.7. The lowest BCUT2D eigenvalue weighted by atomic mass is 9.99. The third kappa shape index (κ3) is 2.70. The second-order valence-corrected chi connectivity index (χ2v) is 7.63. The Morgan fingerprint density at radius 2 is 2.17 bits per heavy atom. The van der Waals surface area contributed by atoms with E-state index in [9.17, 15) is 4.79 Å². The molecule has 24 heavy (non-hydrogen) atoms. The van der Waals surface area contributed by atoms with E-state index in [0.29, 0.717) is 6.04 Å². The highest BCUT2D eigenvalue weighted by atomic mass is 32.1. The molecule has 0 saturated heterocycles. The Kier molecular flexibility index (Phi) is 4.02. The molecule has 1 N–H and O–H groups in total. The Morgan fingerprint density at radius 3 is 3.00 bits per heavy atom. The molecule has 1 aliphatic heterocycles. The average molecular weight is 340 g/mol. The summed E-state index contributed by atoms with van der Waals surface area (Å²) in [7, 11) is 0. The van der Waals surface area contributed by atoms with Crippen LogP contribution in [0.2, 0.25) is 0 Å². The molecule has 1 aliphatic rings. The fourth-order valence-corrected chi connectivity index (χ4v) is 4.76. The average Bonchev–Trinajstić information content (AvgIpc) is 3.06. The van der Waals surface area contributed by atoms with Crippen LogP contribution in [0.5, 0.6) is 0 Å². The quantitative estimate of drug-likeness (QED) is 0.744. The van der Waals surface area contributed by atoms with Crippen LogP contribution in [0.1, 0.15) is 41.5 Å². The Bertz CT molecular complexity index is 940. The van der Waals surface area contributed by atoms with Crippen molar-refractivity contribution >= 4 is 22.3 Å². The number of benzene rings is 1. The van der Waals surface area contributed by atoms with Crippen LogP contribution >= 0.6 is 11.3 Å². The van der Waals surface area contributed by atoms with Gasteiger partial charge in [0.2, 0.25) is 0 Å². The highest BCUT2D eigenvalue weighted by Crippen LogP contribution is 2.25. The van der Waals surface area contributed by atoms with Crippen LogP contribution in [0.3, 0.4) is 0 Å². The summed E-state index contributed by atoms with van der Waals surface area (Å²) in [6.45, 7) is 6.39. The smallest absolute Gasteiger partial charge is 0.336 e. The topological polar surface area (TPSA) is 34.7 Å². The molecule has 3 aromatic rings. The summed E-state index contributed by atoms with van der Waals surface area (Å²) in [6.07, 6.45) is 2.07. The summed E-state index contributed by atoms with van der Waals surface area (Å²) < 4.78 is 5.44. The molecule has 2 atom stereocenters. The largest absolute Gasteiger partial charge is 0.423 e. The summed E-state index contributed by atoms with van der Waals surface area (Å²) in [4.78, 5) is 15.1. The van der Waals surface area contributed by atoms with Gasteiger partial charge in [0.05, 0.1) is 6.54 Å². The van der Waals surface area contributed by atoms with Gasteiger partial charge in [-0.05, 0) is 36.4 Å². The highest BCUT2D eigenvalue weighted by molar-refractivity contribution is 7.10. The normalized spacial score (nSPS) is 20.2. The van der Waals surface area contributed by atoms with Crippen molar-refractivity contribution in [3.8, 4) is 0 Å². The molecule has 2 aromatic heterocycles. The first kappa shape index (κ1) is 15.6. The standard InChI is InChI=1S/C20H21NO2S/c1-3-14-4-5-17-15(11-20(22)23-18(17)10-14)12-21-8-6-19-16(13(21)2)7-9-24-19/h4-5,7,9-11,13H,3,6,8,12H2,1-2H3/p+1/t13-/m0/s1. The number of fused-ring (bicyclic) bond motifs is 2. The molecule has 3 heterocycles. The molecule has 1 aromatic carbocycles. The zero-order valence-electron chi connectivity index (χ0n) is 14.1. The van der Waals surface area contributed by atoms with E-state index in [4.69, 9.17) is 4.42 Å². The third-order valence-electron chi connectivity index (χ3n) is 5.25. The van der Waals surface area contributed by atoms with Gasteiger partial charge in [-0.1, -0.05) is 19.1 Å². The molecule has 0 aliphatic carbocycles. The number of aryl methyl sites for hydroxylation is 1. The van der Waals surface area contributed by atoms with E-state index in [1.807, 2.05) is 17.4 Å². The number of nitrogens with one attached hydrogen (secondary N) is 1. The molecule has 1 unspecified atom stereocenters. The van der Waals surface area contributed by atoms with Crippen LogP contribution < -0.4 is 10.5 Å². The third-order valence-corrected chi connectivity index (χ3v) is 6.25. The number of hydrogen-bond acceptors (Lipinski definition) is 3. The van der Waals surface area contributed by atoms with E-state index in [0.717, 1.165) is 42.5 Å². The predicted molar refractivity (Wildman–Crippen MR) is 97.8 cm³/mol. The Labute approximate surface area is 145 Å². The number of hydrogen-bond donors (Lipinski definition) is 1. The maximum absolute atomic E-state index is 12.0. The lowest BCUT2D eigenvalue weighted by Crippen LogP contribution is -3.11. The minimum Gasteiger partial charge on any atom is -0.423 e. The van der Waals surface area contributed by atoms with Gasteiger partial charge in [-0.15, -0.1) is 11.3 Å². The fourth-order valence-electron chi connectivity index (χ4n) is 3.78. The monoisotopic (exact) mass is 340 g/mol. The zero-order valence-corrected chi connectivity index (χ0v) is 14.9. The molecule has 4 heteroatoms.